The minimum absolute atomic E-state index is 0.122. The Hall–Kier alpha value is -1.04. The van der Waals surface area contributed by atoms with Gasteiger partial charge in [0.25, 0.3) is 0 Å². The Labute approximate surface area is 128 Å². The molecule has 0 bridgehead atoms. The van der Waals surface area contributed by atoms with Crippen LogP contribution in [-0.4, -0.2) is 18.1 Å². The molecule has 0 spiro atoms. The number of rotatable bonds is 4. The maximum absolute atomic E-state index is 10.9. The monoisotopic (exact) mass is 359 g/mol. The maximum Gasteiger partial charge on any atom is 0.337 e. The van der Waals surface area contributed by atoms with Crippen molar-refractivity contribution in [3.05, 3.63) is 49.6 Å². The van der Waals surface area contributed by atoms with E-state index in [2.05, 4.69) is 27.4 Å². The lowest BCUT2D eigenvalue weighted by Gasteiger charge is -2.19. The molecule has 1 aromatic heterocycles. The van der Waals surface area contributed by atoms with Crippen LogP contribution >= 0.6 is 38.9 Å². The summed E-state index contributed by atoms with van der Waals surface area (Å²) in [5, 5.41) is 11.3. The smallest absolute Gasteiger partial charge is 0.337 e. The molecule has 1 aromatic carbocycles. The topological polar surface area (TPSA) is 40.5 Å². The van der Waals surface area contributed by atoms with Gasteiger partial charge in [0, 0.05) is 19.3 Å². The molecule has 0 aliphatic heterocycles. The fourth-order valence-electron chi connectivity index (χ4n) is 1.71. The SMILES string of the molecule is CN(Cc1csc(Br)c1)c1ccc(C(=O)O)c(Cl)c1. The number of hydrogen-bond acceptors (Lipinski definition) is 3. The molecule has 100 valence electrons. The Balaban J connectivity index is 2.17. The quantitative estimate of drug-likeness (QED) is 0.873. The first-order valence-corrected chi connectivity index (χ1v) is 7.49. The number of halogens is 2. The van der Waals surface area contributed by atoms with Crippen molar-refractivity contribution in [2.75, 3.05) is 11.9 Å². The summed E-state index contributed by atoms with van der Waals surface area (Å²) in [5.74, 6) is -1.01. The third-order valence-corrected chi connectivity index (χ3v) is 4.53. The minimum Gasteiger partial charge on any atom is -0.478 e. The molecule has 3 nitrogen and oxygen atoms in total. The largest absolute Gasteiger partial charge is 0.478 e. The van der Waals surface area contributed by atoms with Crippen LogP contribution in [0.3, 0.4) is 0 Å². The zero-order valence-electron chi connectivity index (χ0n) is 10.1. The molecule has 1 N–H and O–H groups in total. The highest BCUT2D eigenvalue weighted by molar-refractivity contribution is 9.11. The number of carbonyl (C=O) groups is 1. The van der Waals surface area contributed by atoms with Crippen molar-refractivity contribution in [2.45, 2.75) is 6.54 Å². The molecule has 0 radical (unpaired) electrons. The molecule has 0 aliphatic carbocycles. The molecule has 0 fully saturated rings. The van der Waals surface area contributed by atoms with Crippen LogP contribution in [0.15, 0.2) is 33.4 Å². The Kier molecular flexibility index (Phi) is 4.50. The van der Waals surface area contributed by atoms with Gasteiger partial charge in [-0.25, -0.2) is 4.79 Å². The van der Waals surface area contributed by atoms with Gasteiger partial charge in [0.2, 0.25) is 0 Å². The molecule has 6 heteroatoms. The summed E-state index contributed by atoms with van der Waals surface area (Å²) in [6.45, 7) is 0.741. The highest BCUT2D eigenvalue weighted by atomic mass is 79.9. The fraction of sp³-hybridized carbons (Fsp3) is 0.154. The molecule has 0 atom stereocenters. The van der Waals surface area contributed by atoms with Gasteiger partial charge in [-0.1, -0.05) is 11.6 Å². The van der Waals surface area contributed by atoms with Crippen LogP contribution in [0.4, 0.5) is 5.69 Å². The van der Waals surface area contributed by atoms with Gasteiger partial charge in [0.05, 0.1) is 14.4 Å². The van der Waals surface area contributed by atoms with Crippen molar-refractivity contribution in [2.24, 2.45) is 0 Å². The number of thiophene rings is 1. The lowest BCUT2D eigenvalue weighted by molar-refractivity contribution is 0.0697. The Morgan fingerprint density at radius 1 is 1.47 bits per heavy atom. The van der Waals surface area contributed by atoms with Gasteiger partial charge < -0.3 is 10.0 Å². The second-order valence-electron chi connectivity index (χ2n) is 4.08. The van der Waals surface area contributed by atoms with Crippen LogP contribution in [0.2, 0.25) is 5.02 Å². The first-order valence-electron chi connectivity index (χ1n) is 5.44. The number of nitrogens with zero attached hydrogens (tertiary/aromatic N) is 1. The summed E-state index contributed by atoms with van der Waals surface area (Å²) >= 11 is 11.0. The number of hydrogen-bond donors (Lipinski definition) is 1. The molecule has 0 saturated carbocycles. The molecule has 0 aliphatic rings. The highest BCUT2D eigenvalue weighted by Crippen LogP contribution is 2.26. The van der Waals surface area contributed by atoms with Crippen LogP contribution in [-0.2, 0) is 6.54 Å². The van der Waals surface area contributed by atoms with Crippen molar-refractivity contribution in [3.63, 3.8) is 0 Å². The number of carboxylic acid groups (broad SMARTS) is 1. The summed E-state index contributed by atoms with van der Waals surface area (Å²) in [7, 11) is 1.94. The van der Waals surface area contributed by atoms with Gasteiger partial charge in [-0.05, 0) is 51.1 Å². The van der Waals surface area contributed by atoms with Gasteiger partial charge in [0.15, 0.2) is 0 Å². The van der Waals surface area contributed by atoms with Crippen molar-refractivity contribution in [1.29, 1.82) is 0 Å². The van der Waals surface area contributed by atoms with Gasteiger partial charge >= 0.3 is 5.97 Å². The lowest BCUT2D eigenvalue weighted by atomic mass is 10.2. The van der Waals surface area contributed by atoms with E-state index in [1.165, 1.54) is 11.6 Å². The second-order valence-corrected chi connectivity index (χ2v) is 6.78. The third kappa shape index (κ3) is 3.49. The molecule has 0 amide bonds. The average Bonchev–Trinajstić information content (AvgIpc) is 2.74. The number of aromatic carboxylic acids is 1. The third-order valence-electron chi connectivity index (χ3n) is 2.67. The van der Waals surface area contributed by atoms with E-state index in [0.29, 0.717) is 0 Å². The van der Waals surface area contributed by atoms with E-state index in [9.17, 15) is 4.79 Å². The summed E-state index contributed by atoms with van der Waals surface area (Å²) in [4.78, 5) is 12.9. The van der Waals surface area contributed by atoms with E-state index in [-0.39, 0.29) is 10.6 Å². The summed E-state index contributed by atoms with van der Waals surface area (Å²) in [6.07, 6.45) is 0. The molecule has 0 unspecified atom stereocenters. The maximum atomic E-state index is 10.9. The molecule has 19 heavy (non-hydrogen) atoms. The minimum atomic E-state index is -1.01. The van der Waals surface area contributed by atoms with Crippen molar-refractivity contribution in [3.8, 4) is 0 Å². The number of anilines is 1. The van der Waals surface area contributed by atoms with E-state index >= 15 is 0 Å². The van der Waals surface area contributed by atoms with Crippen LogP contribution in [0.5, 0.6) is 0 Å². The predicted molar refractivity (Wildman–Crippen MR) is 82.5 cm³/mol. The van der Waals surface area contributed by atoms with Crippen molar-refractivity contribution < 1.29 is 9.90 Å². The van der Waals surface area contributed by atoms with E-state index in [1.807, 2.05) is 11.9 Å². The average molecular weight is 361 g/mol. The second kappa shape index (κ2) is 5.94. The van der Waals surface area contributed by atoms with Gasteiger partial charge in [0.1, 0.15) is 0 Å². The summed E-state index contributed by atoms with van der Waals surface area (Å²) in [6, 6.07) is 7.03. The van der Waals surface area contributed by atoms with Crippen LogP contribution in [0.1, 0.15) is 15.9 Å². The van der Waals surface area contributed by atoms with E-state index in [0.717, 1.165) is 16.0 Å². The fourth-order valence-corrected chi connectivity index (χ4v) is 3.16. The zero-order valence-corrected chi connectivity index (χ0v) is 13.2. The van der Waals surface area contributed by atoms with E-state index < -0.39 is 5.97 Å². The Bertz CT molecular complexity index is 614. The van der Waals surface area contributed by atoms with Crippen molar-refractivity contribution >= 4 is 50.5 Å². The zero-order chi connectivity index (χ0) is 14.0. The van der Waals surface area contributed by atoms with Crippen LogP contribution < -0.4 is 4.90 Å². The highest BCUT2D eigenvalue weighted by Gasteiger charge is 2.11. The first kappa shape index (κ1) is 14.4. The van der Waals surface area contributed by atoms with Gasteiger partial charge in [-0.3, -0.25) is 0 Å². The predicted octanol–water partition coefficient (Wildman–Crippen LogP) is 4.50. The summed E-state index contributed by atoms with van der Waals surface area (Å²) in [5.41, 5.74) is 2.20. The number of carboxylic acids is 1. The van der Waals surface area contributed by atoms with E-state index in [1.54, 1.807) is 23.5 Å². The van der Waals surface area contributed by atoms with Crippen LogP contribution in [0, 0.1) is 0 Å². The number of benzene rings is 1. The van der Waals surface area contributed by atoms with Gasteiger partial charge in [-0.2, -0.15) is 0 Å². The lowest BCUT2D eigenvalue weighted by Crippen LogP contribution is -2.16. The normalized spacial score (nSPS) is 10.5. The summed E-state index contributed by atoms with van der Waals surface area (Å²) < 4.78 is 1.09. The Morgan fingerprint density at radius 3 is 2.74 bits per heavy atom. The molecule has 2 rings (SSSR count). The Morgan fingerprint density at radius 2 is 2.21 bits per heavy atom. The molecular weight excluding hydrogens is 350 g/mol. The molecule has 0 saturated heterocycles. The van der Waals surface area contributed by atoms with Gasteiger partial charge in [-0.15, -0.1) is 11.3 Å². The van der Waals surface area contributed by atoms with Crippen molar-refractivity contribution in [1.82, 2.24) is 0 Å². The molecule has 2 aromatic rings. The van der Waals surface area contributed by atoms with E-state index in [4.69, 9.17) is 16.7 Å². The molecule has 1 heterocycles. The first-order chi connectivity index (χ1) is 8.97. The molecular formula is C13H11BrClNO2S. The standard InChI is InChI=1S/C13H11BrClNO2S/c1-16(6-8-4-12(14)19-7-8)9-2-3-10(13(17)18)11(15)5-9/h2-5,7H,6H2,1H3,(H,17,18). The van der Waals surface area contributed by atoms with Crippen LogP contribution in [0.25, 0.3) is 0 Å².